The van der Waals surface area contributed by atoms with Crippen molar-refractivity contribution in [2.24, 2.45) is 0 Å². The van der Waals surface area contributed by atoms with Crippen LogP contribution >= 0.6 is 0 Å². The maximum atomic E-state index is 5.27. The number of methoxy groups -OCH3 is 1. The Bertz CT molecular complexity index is 332. The van der Waals surface area contributed by atoms with Crippen LogP contribution in [0.1, 0.15) is 31.4 Å². The number of hydrogen-bond acceptors (Lipinski definition) is 2. The zero-order valence-corrected chi connectivity index (χ0v) is 11.6. The Morgan fingerprint density at radius 2 is 1.88 bits per heavy atom. The maximum absolute atomic E-state index is 5.27. The number of aryl methyl sites for hydroxylation is 2. The SMILES string of the molecule is CCN(CC)CCCc1ccc(OC)c(C)c1. The van der Waals surface area contributed by atoms with Crippen molar-refractivity contribution < 1.29 is 4.74 Å². The van der Waals surface area contributed by atoms with E-state index in [1.165, 1.54) is 24.1 Å². The van der Waals surface area contributed by atoms with E-state index >= 15 is 0 Å². The van der Waals surface area contributed by atoms with Crippen LogP contribution < -0.4 is 4.74 Å². The first kappa shape index (κ1) is 14.0. The molecule has 1 rings (SSSR count). The lowest BCUT2D eigenvalue weighted by Crippen LogP contribution is -2.24. The van der Waals surface area contributed by atoms with E-state index in [1.807, 2.05) is 0 Å². The molecule has 0 spiro atoms. The third-order valence-electron chi connectivity index (χ3n) is 3.29. The van der Waals surface area contributed by atoms with E-state index < -0.39 is 0 Å². The number of rotatable bonds is 7. The molecule has 2 heteroatoms. The van der Waals surface area contributed by atoms with Gasteiger partial charge in [-0.05, 0) is 56.6 Å². The zero-order valence-electron chi connectivity index (χ0n) is 11.6. The second-order valence-electron chi connectivity index (χ2n) is 4.43. The van der Waals surface area contributed by atoms with Gasteiger partial charge in [-0.2, -0.15) is 0 Å². The highest BCUT2D eigenvalue weighted by Crippen LogP contribution is 2.19. The minimum absolute atomic E-state index is 0.984. The summed E-state index contributed by atoms with van der Waals surface area (Å²) in [6.45, 7) is 10.0. The lowest BCUT2D eigenvalue weighted by Gasteiger charge is -2.17. The normalized spacial score (nSPS) is 10.9. The summed E-state index contributed by atoms with van der Waals surface area (Å²) in [6, 6.07) is 6.48. The van der Waals surface area contributed by atoms with Gasteiger partial charge in [-0.15, -0.1) is 0 Å². The van der Waals surface area contributed by atoms with Crippen LogP contribution in [0.2, 0.25) is 0 Å². The summed E-state index contributed by atoms with van der Waals surface area (Å²) in [5.74, 6) is 0.984. The highest BCUT2D eigenvalue weighted by Gasteiger charge is 2.02. The first-order valence-corrected chi connectivity index (χ1v) is 6.57. The predicted octanol–water partition coefficient (Wildman–Crippen LogP) is 3.28. The van der Waals surface area contributed by atoms with Crippen molar-refractivity contribution in [3.63, 3.8) is 0 Å². The van der Waals surface area contributed by atoms with Gasteiger partial charge in [0.2, 0.25) is 0 Å². The van der Waals surface area contributed by atoms with E-state index in [9.17, 15) is 0 Å². The highest BCUT2D eigenvalue weighted by molar-refractivity contribution is 5.36. The van der Waals surface area contributed by atoms with Gasteiger partial charge >= 0.3 is 0 Å². The first-order valence-electron chi connectivity index (χ1n) is 6.57. The molecular formula is C15H25NO. The second kappa shape index (κ2) is 7.33. The van der Waals surface area contributed by atoms with E-state index in [4.69, 9.17) is 4.74 Å². The summed E-state index contributed by atoms with van der Waals surface area (Å²) in [4.78, 5) is 2.47. The number of ether oxygens (including phenoxy) is 1. The van der Waals surface area contributed by atoms with Crippen LogP contribution in [-0.4, -0.2) is 31.6 Å². The molecule has 0 bridgehead atoms. The monoisotopic (exact) mass is 235 g/mol. The maximum Gasteiger partial charge on any atom is 0.121 e. The molecular weight excluding hydrogens is 210 g/mol. The summed E-state index contributed by atoms with van der Waals surface area (Å²) >= 11 is 0. The van der Waals surface area contributed by atoms with Gasteiger partial charge in [0, 0.05) is 0 Å². The van der Waals surface area contributed by atoms with Crippen LogP contribution in [0.4, 0.5) is 0 Å². The van der Waals surface area contributed by atoms with E-state index in [1.54, 1.807) is 7.11 Å². The molecule has 1 aromatic rings. The molecule has 1 aromatic carbocycles. The lowest BCUT2D eigenvalue weighted by molar-refractivity contribution is 0.300. The molecule has 0 atom stereocenters. The summed E-state index contributed by atoms with van der Waals surface area (Å²) in [7, 11) is 1.72. The van der Waals surface area contributed by atoms with Crippen molar-refractivity contribution in [3.8, 4) is 5.75 Å². The van der Waals surface area contributed by atoms with Crippen LogP contribution in [0.5, 0.6) is 5.75 Å². The zero-order chi connectivity index (χ0) is 12.7. The minimum Gasteiger partial charge on any atom is -0.496 e. The van der Waals surface area contributed by atoms with E-state index in [2.05, 4.69) is 43.9 Å². The molecule has 0 fully saturated rings. The molecule has 2 nitrogen and oxygen atoms in total. The molecule has 0 N–H and O–H groups in total. The smallest absolute Gasteiger partial charge is 0.121 e. The third kappa shape index (κ3) is 4.39. The molecule has 0 unspecified atom stereocenters. The fourth-order valence-corrected chi connectivity index (χ4v) is 2.14. The quantitative estimate of drug-likeness (QED) is 0.719. The average Bonchev–Trinajstić information content (AvgIpc) is 2.35. The Morgan fingerprint density at radius 1 is 1.18 bits per heavy atom. The van der Waals surface area contributed by atoms with Crippen molar-refractivity contribution in [2.45, 2.75) is 33.6 Å². The highest BCUT2D eigenvalue weighted by atomic mass is 16.5. The second-order valence-corrected chi connectivity index (χ2v) is 4.43. The largest absolute Gasteiger partial charge is 0.496 e. The molecule has 0 aliphatic carbocycles. The topological polar surface area (TPSA) is 12.5 Å². The van der Waals surface area contributed by atoms with Gasteiger partial charge in [-0.25, -0.2) is 0 Å². The molecule has 0 aliphatic heterocycles. The molecule has 0 aromatic heterocycles. The molecule has 0 radical (unpaired) electrons. The van der Waals surface area contributed by atoms with Gasteiger partial charge in [0.1, 0.15) is 5.75 Å². The van der Waals surface area contributed by atoms with Crippen LogP contribution in [0, 0.1) is 6.92 Å². The number of hydrogen-bond donors (Lipinski definition) is 0. The van der Waals surface area contributed by atoms with Crippen molar-refractivity contribution in [1.82, 2.24) is 4.90 Å². The Balaban J connectivity index is 2.44. The van der Waals surface area contributed by atoms with Crippen molar-refractivity contribution in [1.29, 1.82) is 0 Å². The summed E-state index contributed by atoms with van der Waals surface area (Å²) in [5, 5.41) is 0. The van der Waals surface area contributed by atoms with Gasteiger partial charge in [0.25, 0.3) is 0 Å². The fraction of sp³-hybridized carbons (Fsp3) is 0.600. The van der Waals surface area contributed by atoms with E-state index in [-0.39, 0.29) is 0 Å². The summed E-state index contributed by atoms with van der Waals surface area (Å²) in [5.41, 5.74) is 2.64. The van der Waals surface area contributed by atoms with E-state index in [0.717, 1.165) is 25.3 Å². The number of benzene rings is 1. The van der Waals surface area contributed by atoms with E-state index in [0.29, 0.717) is 0 Å². The summed E-state index contributed by atoms with van der Waals surface area (Å²) in [6.07, 6.45) is 2.38. The third-order valence-corrected chi connectivity index (χ3v) is 3.29. The molecule has 0 saturated heterocycles. The fourth-order valence-electron chi connectivity index (χ4n) is 2.14. The Morgan fingerprint density at radius 3 is 2.41 bits per heavy atom. The first-order chi connectivity index (χ1) is 8.21. The molecule has 17 heavy (non-hydrogen) atoms. The molecule has 96 valence electrons. The molecule has 0 aliphatic rings. The van der Waals surface area contributed by atoms with Gasteiger partial charge in [-0.1, -0.05) is 26.0 Å². The van der Waals surface area contributed by atoms with Gasteiger partial charge < -0.3 is 9.64 Å². The van der Waals surface area contributed by atoms with Crippen LogP contribution in [0.15, 0.2) is 18.2 Å². The van der Waals surface area contributed by atoms with Crippen molar-refractivity contribution >= 4 is 0 Å². The standard InChI is InChI=1S/C15H25NO/c1-5-16(6-2)11-7-8-14-9-10-15(17-4)13(3)12-14/h9-10,12H,5-8,11H2,1-4H3. The minimum atomic E-state index is 0.984. The van der Waals surface area contributed by atoms with Crippen LogP contribution in [-0.2, 0) is 6.42 Å². The average molecular weight is 235 g/mol. The molecule has 0 saturated carbocycles. The van der Waals surface area contributed by atoms with Gasteiger partial charge in [0.15, 0.2) is 0 Å². The molecule has 0 amide bonds. The molecule has 0 heterocycles. The Labute approximate surface area is 106 Å². The van der Waals surface area contributed by atoms with Crippen molar-refractivity contribution in [3.05, 3.63) is 29.3 Å². The van der Waals surface area contributed by atoms with Gasteiger partial charge in [0.05, 0.1) is 7.11 Å². The predicted molar refractivity (Wildman–Crippen MR) is 73.8 cm³/mol. The van der Waals surface area contributed by atoms with Crippen LogP contribution in [0.3, 0.4) is 0 Å². The summed E-state index contributed by atoms with van der Waals surface area (Å²) < 4.78 is 5.27. The van der Waals surface area contributed by atoms with Crippen molar-refractivity contribution in [2.75, 3.05) is 26.7 Å². The number of nitrogens with zero attached hydrogens (tertiary/aromatic N) is 1. The Hall–Kier alpha value is -1.02. The van der Waals surface area contributed by atoms with Gasteiger partial charge in [-0.3, -0.25) is 0 Å². The Kier molecular flexibility index (Phi) is 6.06. The lowest BCUT2D eigenvalue weighted by atomic mass is 10.1. The van der Waals surface area contributed by atoms with Crippen LogP contribution in [0.25, 0.3) is 0 Å².